The van der Waals surface area contributed by atoms with Crippen molar-refractivity contribution < 1.29 is 4.79 Å². The lowest BCUT2D eigenvalue weighted by atomic mass is 9.92. The van der Waals surface area contributed by atoms with Crippen molar-refractivity contribution in [3.8, 4) is 5.69 Å². The van der Waals surface area contributed by atoms with Gasteiger partial charge in [-0.2, -0.15) is 5.10 Å². The number of anilines is 1. The molecule has 0 unspecified atom stereocenters. The van der Waals surface area contributed by atoms with Gasteiger partial charge < -0.3 is 5.32 Å². The van der Waals surface area contributed by atoms with Crippen LogP contribution in [0.15, 0.2) is 30.3 Å². The van der Waals surface area contributed by atoms with Crippen LogP contribution >= 0.6 is 0 Å². The van der Waals surface area contributed by atoms with Crippen molar-refractivity contribution in [1.82, 2.24) is 9.78 Å². The molecule has 4 nitrogen and oxygen atoms in total. The normalized spacial score (nSPS) is 9.91. The maximum absolute atomic E-state index is 10.7. The largest absolute Gasteiger partial charge is 0.313 e. The van der Waals surface area contributed by atoms with E-state index >= 15 is 0 Å². The molecule has 23 heavy (non-hydrogen) atoms. The van der Waals surface area contributed by atoms with Crippen molar-refractivity contribution in [2.45, 2.75) is 60.8 Å². The van der Waals surface area contributed by atoms with Gasteiger partial charge in [0.15, 0.2) is 0 Å². The first-order chi connectivity index (χ1) is 10.9. The fourth-order valence-electron chi connectivity index (χ4n) is 1.79. The van der Waals surface area contributed by atoms with Gasteiger partial charge in [0.25, 0.3) is 0 Å². The van der Waals surface area contributed by atoms with E-state index in [2.05, 4.69) is 31.2 Å². The quantitative estimate of drug-likeness (QED) is 0.801. The number of carbonyl (C=O) groups excluding carboxylic acids is 1. The molecule has 0 fully saturated rings. The van der Waals surface area contributed by atoms with Crippen LogP contribution in [0.2, 0.25) is 0 Å². The highest BCUT2D eigenvalue weighted by Crippen LogP contribution is 2.26. The third-order valence-corrected chi connectivity index (χ3v) is 2.96. The first kappa shape index (κ1) is 20.9. The average Bonchev–Trinajstić information content (AvgIpc) is 2.97. The number of amides is 1. The highest BCUT2D eigenvalue weighted by atomic mass is 16.1. The second kappa shape index (κ2) is 9.82. The monoisotopic (exact) mass is 317 g/mol. The summed E-state index contributed by atoms with van der Waals surface area (Å²) in [6.07, 6.45) is 0.675. The molecule has 0 saturated carbocycles. The Bertz CT molecular complexity index is 578. The van der Waals surface area contributed by atoms with Crippen molar-refractivity contribution in [1.29, 1.82) is 0 Å². The van der Waals surface area contributed by atoms with Crippen molar-refractivity contribution in [3.05, 3.63) is 41.6 Å². The maximum Gasteiger partial charge on any atom is 0.212 e. The average molecular weight is 317 g/mol. The zero-order chi connectivity index (χ0) is 18.0. The van der Waals surface area contributed by atoms with Crippen LogP contribution in [-0.4, -0.2) is 16.2 Å². The van der Waals surface area contributed by atoms with Crippen molar-refractivity contribution >= 4 is 12.2 Å². The minimum atomic E-state index is -0.0603. The van der Waals surface area contributed by atoms with E-state index < -0.39 is 0 Å². The van der Waals surface area contributed by atoms with Crippen molar-refractivity contribution in [3.63, 3.8) is 0 Å². The van der Waals surface area contributed by atoms with E-state index in [1.807, 2.05) is 65.0 Å². The molecule has 2 rings (SSSR count). The molecule has 1 N–H and O–H groups in total. The minimum absolute atomic E-state index is 0.0603. The second-order valence-corrected chi connectivity index (χ2v) is 5.67. The number of hydrogen-bond acceptors (Lipinski definition) is 2. The molecule has 2 aromatic rings. The molecule has 1 heterocycles. The number of carbonyl (C=O) groups is 1. The molecular weight excluding hydrogens is 286 g/mol. The van der Waals surface area contributed by atoms with Crippen LogP contribution in [0.5, 0.6) is 0 Å². The van der Waals surface area contributed by atoms with Gasteiger partial charge in [-0.25, -0.2) is 4.68 Å². The van der Waals surface area contributed by atoms with E-state index in [1.54, 1.807) is 4.68 Å². The number of aryl methyl sites for hydroxylation is 1. The Labute approximate surface area is 140 Å². The van der Waals surface area contributed by atoms with Crippen LogP contribution < -0.4 is 5.32 Å². The molecule has 0 radical (unpaired) electrons. The molecule has 0 atom stereocenters. The Hall–Kier alpha value is -2.10. The second-order valence-electron chi connectivity index (χ2n) is 5.67. The SMILES string of the molecule is CC.CC.Cc1ccc(-n2nc(C(C)(C)C)cc2NC=O)cc1. The third-order valence-electron chi connectivity index (χ3n) is 2.96. The molecule has 0 aliphatic heterocycles. The fourth-order valence-corrected chi connectivity index (χ4v) is 1.79. The van der Waals surface area contributed by atoms with Crippen molar-refractivity contribution in [2.75, 3.05) is 5.32 Å². The van der Waals surface area contributed by atoms with Crippen LogP contribution in [-0.2, 0) is 10.2 Å². The van der Waals surface area contributed by atoms with E-state index in [1.165, 1.54) is 5.56 Å². The molecule has 4 heteroatoms. The van der Waals surface area contributed by atoms with Gasteiger partial charge in [0.05, 0.1) is 11.4 Å². The first-order valence-electron chi connectivity index (χ1n) is 8.29. The predicted octanol–water partition coefficient (Wildman–Crippen LogP) is 5.10. The zero-order valence-corrected chi connectivity index (χ0v) is 15.8. The molecule has 128 valence electrons. The fraction of sp³-hybridized carbons (Fsp3) is 0.474. The Kier molecular flexibility index (Phi) is 8.93. The van der Waals surface area contributed by atoms with Gasteiger partial charge >= 0.3 is 0 Å². The van der Waals surface area contributed by atoms with Gasteiger partial charge in [0.2, 0.25) is 6.41 Å². The highest BCUT2D eigenvalue weighted by molar-refractivity contribution is 5.70. The summed E-state index contributed by atoms with van der Waals surface area (Å²) < 4.78 is 1.76. The molecular formula is C19H31N3O. The van der Waals surface area contributed by atoms with E-state index in [0.29, 0.717) is 12.2 Å². The predicted molar refractivity (Wildman–Crippen MR) is 99.4 cm³/mol. The molecule has 1 aromatic carbocycles. The number of aromatic nitrogens is 2. The summed E-state index contributed by atoms with van der Waals surface area (Å²) in [6, 6.07) is 9.95. The third kappa shape index (κ3) is 5.89. The summed E-state index contributed by atoms with van der Waals surface area (Å²) in [5.74, 6) is 0.684. The van der Waals surface area contributed by atoms with E-state index in [0.717, 1.165) is 11.4 Å². The maximum atomic E-state index is 10.7. The number of nitrogens with one attached hydrogen (secondary N) is 1. The van der Waals surface area contributed by atoms with E-state index in [4.69, 9.17) is 0 Å². The van der Waals surface area contributed by atoms with Crippen LogP contribution in [0.3, 0.4) is 0 Å². The number of nitrogens with zero attached hydrogens (tertiary/aromatic N) is 2. The molecule has 0 spiro atoms. The van der Waals surface area contributed by atoms with Crippen LogP contribution in [0, 0.1) is 6.92 Å². The van der Waals surface area contributed by atoms with E-state index in [9.17, 15) is 4.79 Å². The van der Waals surface area contributed by atoms with Gasteiger partial charge in [0, 0.05) is 11.5 Å². The Balaban J connectivity index is 0.00000112. The van der Waals surface area contributed by atoms with E-state index in [-0.39, 0.29) is 5.41 Å². The Morgan fingerprint density at radius 2 is 1.57 bits per heavy atom. The van der Waals surface area contributed by atoms with Gasteiger partial charge in [-0.05, 0) is 19.1 Å². The smallest absolute Gasteiger partial charge is 0.212 e. The summed E-state index contributed by atoms with van der Waals surface area (Å²) in [5.41, 5.74) is 3.01. The highest BCUT2D eigenvalue weighted by Gasteiger charge is 2.20. The lowest BCUT2D eigenvalue weighted by molar-refractivity contribution is -0.105. The van der Waals surface area contributed by atoms with Crippen LogP contribution in [0.25, 0.3) is 5.69 Å². The minimum Gasteiger partial charge on any atom is -0.313 e. The van der Waals surface area contributed by atoms with Gasteiger partial charge in [-0.1, -0.05) is 66.2 Å². The zero-order valence-electron chi connectivity index (χ0n) is 15.8. The summed E-state index contributed by atoms with van der Waals surface area (Å²) in [5, 5.41) is 7.30. The Morgan fingerprint density at radius 3 is 2.00 bits per heavy atom. The lowest BCUT2D eigenvalue weighted by Gasteiger charge is -2.14. The van der Waals surface area contributed by atoms with Crippen LogP contribution in [0.1, 0.15) is 59.7 Å². The number of benzene rings is 1. The topological polar surface area (TPSA) is 46.9 Å². The summed E-state index contributed by atoms with van der Waals surface area (Å²) in [4.78, 5) is 10.7. The van der Waals surface area contributed by atoms with Gasteiger partial charge in [-0.15, -0.1) is 0 Å². The molecule has 0 aliphatic carbocycles. The molecule has 1 aromatic heterocycles. The molecule has 1 amide bonds. The molecule has 0 aliphatic rings. The summed E-state index contributed by atoms with van der Waals surface area (Å²) >= 11 is 0. The first-order valence-corrected chi connectivity index (χ1v) is 8.29. The van der Waals surface area contributed by atoms with Crippen LogP contribution in [0.4, 0.5) is 5.82 Å². The summed E-state index contributed by atoms with van der Waals surface area (Å²) in [6.45, 7) is 16.3. The Morgan fingerprint density at radius 1 is 1.04 bits per heavy atom. The van der Waals surface area contributed by atoms with Crippen molar-refractivity contribution in [2.24, 2.45) is 0 Å². The lowest BCUT2D eigenvalue weighted by Crippen LogP contribution is -2.12. The van der Waals surface area contributed by atoms with Gasteiger partial charge in [-0.3, -0.25) is 4.79 Å². The summed E-state index contributed by atoms with van der Waals surface area (Å²) in [7, 11) is 0. The number of rotatable bonds is 3. The molecule has 0 bridgehead atoms. The number of hydrogen-bond donors (Lipinski definition) is 1. The standard InChI is InChI=1S/C15H19N3O.2C2H6/c1-11-5-7-12(8-6-11)18-14(16-10-19)9-13(17-18)15(2,3)4;2*1-2/h5-10H,1-4H3,(H,16,19);2*1-2H3. The van der Waals surface area contributed by atoms with Gasteiger partial charge in [0.1, 0.15) is 5.82 Å². The molecule has 0 saturated heterocycles.